The monoisotopic (exact) mass is 493 g/mol. The third-order valence-corrected chi connectivity index (χ3v) is 6.91. The van der Waals surface area contributed by atoms with Gasteiger partial charge in [-0.25, -0.2) is 4.79 Å². The van der Waals surface area contributed by atoms with Crippen LogP contribution in [0.3, 0.4) is 0 Å². The minimum absolute atomic E-state index is 0.0166. The fraction of sp³-hybridized carbons (Fsp3) is 0.542. The van der Waals surface area contributed by atoms with Gasteiger partial charge in [0, 0.05) is 29.2 Å². The summed E-state index contributed by atoms with van der Waals surface area (Å²) < 4.78 is 12.8. The zero-order chi connectivity index (χ0) is 24.6. The lowest BCUT2D eigenvalue weighted by Crippen LogP contribution is -2.54. The Bertz CT molecular complexity index is 1110. The Labute approximate surface area is 204 Å². The van der Waals surface area contributed by atoms with Crippen LogP contribution in [0.2, 0.25) is 5.02 Å². The molecule has 1 fully saturated rings. The van der Waals surface area contributed by atoms with Crippen LogP contribution in [-0.4, -0.2) is 46.8 Å². The second-order valence-electron chi connectivity index (χ2n) is 10.2. The fourth-order valence-electron chi connectivity index (χ4n) is 3.36. The second kappa shape index (κ2) is 9.50. The molecule has 7 nitrogen and oxygen atoms in total. The minimum Gasteiger partial charge on any atom is -0.496 e. The molecule has 1 aromatic carbocycles. The highest BCUT2D eigenvalue weighted by Gasteiger charge is 2.36. The van der Waals surface area contributed by atoms with Crippen molar-refractivity contribution in [2.45, 2.75) is 71.6 Å². The van der Waals surface area contributed by atoms with E-state index in [1.54, 1.807) is 23.1 Å². The van der Waals surface area contributed by atoms with Crippen molar-refractivity contribution in [1.82, 2.24) is 9.47 Å². The Kier molecular flexibility index (Phi) is 7.29. The van der Waals surface area contributed by atoms with Crippen LogP contribution < -0.4 is 9.54 Å². The zero-order valence-corrected chi connectivity index (χ0v) is 21.8. The van der Waals surface area contributed by atoms with E-state index >= 15 is 0 Å². The largest absolute Gasteiger partial charge is 0.496 e. The molecule has 180 valence electrons. The molecule has 1 unspecified atom stereocenters. The maximum atomic E-state index is 13.1. The lowest BCUT2D eigenvalue weighted by atomic mass is 9.95. The predicted molar refractivity (Wildman–Crippen MR) is 130 cm³/mol. The van der Waals surface area contributed by atoms with Crippen LogP contribution in [0.4, 0.5) is 4.79 Å². The van der Waals surface area contributed by atoms with E-state index in [1.807, 2.05) is 31.5 Å². The van der Waals surface area contributed by atoms with Crippen LogP contribution in [0.15, 0.2) is 29.4 Å². The molecule has 1 aliphatic heterocycles. The van der Waals surface area contributed by atoms with E-state index in [2.05, 4.69) is 25.8 Å². The smallest absolute Gasteiger partial charge is 0.410 e. The summed E-state index contributed by atoms with van der Waals surface area (Å²) in [6.07, 6.45) is 2.57. The molecule has 0 bridgehead atoms. The molecule has 1 aromatic heterocycles. The Morgan fingerprint density at radius 2 is 1.91 bits per heavy atom. The summed E-state index contributed by atoms with van der Waals surface area (Å²) >= 11 is 7.57. The highest BCUT2D eigenvalue weighted by Crippen LogP contribution is 2.27. The van der Waals surface area contributed by atoms with Gasteiger partial charge in [0.05, 0.1) is 18.7 Å². The average molecular weight is 494 g/mol. The Morgan fingerprint density at radius 3 is 2.45 bits per heavy atom. The lowest BCUT2D eigenvalue weighted by Gasteiger charge is -2.41. The number of rotatable bonds is 4. The molecule has 1 atom stereocenters. The molecular weight excluding hydrogens is 462 g/mol. The van der Waals surface area contributed by atoms with E-state index in [0.717, 1.165) is 11.3 Å². The Morgan fingerprint density at radius 1 is 1.21 bits per heavy atom. The van der Waals surface area contributed by atoms with Crippen molar-refractivity contribution in [2.75, 3.05) is 13.7 Å². The normalized spacial score (nSPS) is 17.0. The van der Waals surface area contributed by atoms with Crippen molar-refractivity contribution in [1.29, 1.82) is 0 Å². The molecule has 2 aromatic rings. The van der Waals surface area contributed by atoms with Crippen LogP contribution in [0.25, 0.3) is 0 Å². The number of likely N-dealkylation sites (tertiary alicyclic amines) is 1. The summed E-state index contributed by atoms with van der Waals surface area (Å²) in [6, 6.07) is 4.87. The molecule has 33 heavy (non-hydrogen) atoms. The van der Waals surface area contributed by atoms with E-state index in [4.69, 9.17) is 21.1 Å². The molecule has 9 heteroatoms. The first-order chi connectivity index (χ1) is 15.3. The van der Waals surface area contributed by atoms with E-state index in [1.165, 1.54) is 18.4 Å². The number of methoxy groups -OCH3 is 1. The number of ether oxygens (including phenoxy) is 2. The van der Waals surface area contributed by atoms with Gasteiger partial charge < -0.3 is 18.9 Å². The first-order valence-electron chi connectivity index (χ1n) is 10.9. The number of benzene rings is 1. The summed E-state index contributed by atoms with van der Waals surface area (Å²) in [5.41, 5.74) is -0.349. The second-order valence-corrected chi connectivity index (χ2v) is 11.6. The maximum absolute atomic E-state index is 13.1. The van der Waals surface area contributed by atoms with Crippen molar-refractivity contribution in [3.05, 3.63) is 44.7 Å². The molecule has 0 saturated carbocycles. The van der Waals surface area contributed by atoms with Gasteiger partial charge in [0.25, 0.3) is 5.91 Å². The van der Waals surface area contributed by atoms with Crippen LogP contribution >= 0.6 is 22.9 Å². The maximum Gasteiger partial charge on any atom is 0.410 e. The number of carbonyl (C=O) groups is 2. The summed E-state index contributed by atoms with van der Waals surface area (Å²) in [6.45, 7) is 13.1. The average Bonchev–Trinajstić information content (AvgIpc) is 3.06. The third kappa shape index (κ3) is 6.18. The van der Waals surface area contributed by atoms with Crippen LogP contribution in [-0.2, 0) is 16.7 Å². The Balaban J connectivity index is 1.94. The number of hydrogen-bond donors (Lipinski definition) is 0. The quantitative estimate of drug-likeness (QED) is 0.582. The van der Waals surface area contributed by atoms with Crippen LogP contribution in [0, 0.1) is 0 Å². The lowest BCUT2D eigenvalue weighted by molar-refractivity contribution is -0.00840. The minimum atomic E-state index is -0.547. The molecule has 2 heterocycles. The van der Waals surface area contributed by atoms with Crippen molar-refractivity contribution < 1.29 is 19.1 Å². The van der Waals surface area contributed by atoms with Gasteiger partial charge >= 0.3 is 6.09 Å². The molecule has 0 aliphatic carbocycles. The van der Waals surface area contributed by atoms with Gasteiger partial charge in [-0.3, -0.25) is 4.79 Å². The summed E-state index contributed by atoms with van der Waals surface area (Å²) in [4.78, 5) is 33.4. The number of amides is 2. The van der Waals surface area contributed by atoms with E-state index in [9.17, 15) is 9.59 Å². The SMILES string of the molecule is COc1ccc(Cl)cc1C(=O)/N=c1\sc(C(C)(C)C)cn1CC1CCN1C(=O)OC(C)(C)C. The van der Waals surface area contributed by atoms with Crippen molar-refractivity contribution in [2.24, 2.45) is 4.99 Å². The van der Waals surface area contributed by atoms with Gasteiger partial charge in [-0.1, -0.05) is 32.4 Å². The van der Waals surface area contributed by atoms with Crippen molar-refractivity contribution >= 4 is 34.9 Å². The molecule has 2 amide bonds. The molecule has 3 rings (SSSR count). The van der Waals surface area contributed by atoms with Gasteiger partial charge in [-0.05, 0) is 50.8 Å². The van der Waals surface area contributed by atoms with Gasteiger partial charge in [0.1, 0.15) is 11.4 Å². The van der Waals surface area contributed by atoms with Crippen LogP contribution in [0.1, 0.15) is 63.2 Å². The molecule has 1 aliphatic rings. The number of thiazole rings is 1. The molecule has 0 N–H and O–H groups in total. The first kappa shape index (κ1) is 25.3. The van der Waals surface area contributed by atoms with E-state index in [0.29, 0.717) is 34.2 Å². The van der Waals surface area contributed by atoms with E-state index in [-0.39, 0.29) is 17.6 Å². The number of hydrogen-bond acceptors (Lipinski definition) is 5. The highest BCUT2D eigenvalue weighted by molar-refractivity contribution is 7.09. The molecule has 0 radical (unpaired) electrons. The topological polar surface area (TPSA) is 73.1 Å². The third-order valence-electron chi connectivity index (χ3n) is 5.23. The summed E-state index contributed by atoms with van der Waals surface area (Å²) in [5, 5.41) is 0.436. The van der Waals surface area contributed by atoms with Gasteiger partial charge in [-0.2, -0.15) is 4.99 Å². The van der Waals surface area contributed by atoms with Gasteiger partial charge in [0.15, 0.2) is 4.80 Å². The number of halogens is 1. The molecule has 0 spiro atoms. The van der Waals surface area contributed by atoms with E-state index < -0.39 is 11.5 Å². The van der Waals surface area contributed by atoms with Crippen LogP contribution in [0.5, 0.6) is 5.75 Å². The zero-order valence-electron chi connectivity index (χ0n) is 20.3. The number of nitrogens with zero attached hydrogens (tertiary/aromatic N) is 3. The number of carbonyl (C=O) groups excluding carboxylic acids is 2. The number of aromatic nitrogens is 1. The fourth-order valence-corrected chi connectivity index (χ4v) is 4.59. The summed E-state index contributed by atoms with van der Waals surface area (Å²) in [7, 11) is 1.50. The molecule has 1 saturated heterocycles. The predicted octanol–water partition coefficient (Wildman–Crippen LogP) is 5.26. The Hall–Kier alpha value is -2.32. The standard InChI is InChI=1S/C24H32ClN3O4S/c1-23(2,3)19-14-27(13-16-10-11-28(16)22(30)32-24(4,5)6)21(33-19)26-20(29)17-12-15(25)8-9-18(17)31-7/h8-9,12,14,16H,10-11,13H2,1-7H3/b26-21-. The highest BCUT2D eigenvalue weighted by atomic mass is 35.5. The van der Waals surface area contributed by atoms with Crippen molar-refractivity contribution in [3.8, 4) is 5.75 Å². The van der Waals surface area contributed by atoms with Crippen molar-refractivity contribution in [3.63, 3.8) is 0 Å². The summed E-state index contributed by atoms with van der Waals surface area (Å²) in [5.74, 6) is -0.00888. The first-order valence-corrected chi connectivity index (χ1v) is 12.1. The molecular formula is C24H32ClN3O4S. The van der Waals surface area contributed by atoms with Gasteiger partial charge in [0.2, 0.25) is 0 Å². The van der Waals surface area contributed by atoms with Gasteiger partial charge in [-0.15, -0.1) is 11.3 Å².